The van der Waals surface area contributed by atoms with Crippen LogP contribution in [0.1, 0.15) is 22.8 Å². The quantitative estimate of drug-likeness (QED) is 0.306. The summed E-state index contributed by atoms with van der Waals surface area (Å²) < 4.78 is 7.20. The zero-order chi connectivity index (χ0) is 23.3. The van der Waals surface area contributed by atoms with Gasteiger partial charge in [0, 0.05) is 31.6 Å². The van der Waals surface area contributed by atoms with Crippen LogP contribution in [0.15, 0.2) is 88.8 Å². The molecule has 3 heterocycles. The van der Waals surface area contributed by atoms with Crippen LogP contribution < -0.4 is 0 Å². The molecule has 0 atom stereocenters. The van der Waals surface area contributed by atoms with Gasteiger partial charge in [-0.3, -0.25) is 4.79 Å². The summed E-state index contributed by atoms with van der Waals surface area (Å²) in [7, 11) is 1.77. The maximum atomic E-state index is 13.1. The van der Waals surface area contributed by atoms with Crippen molar-refractivity contribution < 1.29 is 9.32 Å². The number of hydrogen-bond acceptors (Lipinski definition) is 6. The Morgan fingerprint density at radius 3 is 2.53 bits per heavy atom. The van der Waals surface area contributed by atoms with Crippen molar-refractivity contribution in [2.45, 2.75) is 12.8 Å². The Balaban J connectivity index is 1.26. The molecule has 34 heavy (non-hydrogen) atoms. The number of benzene rings is 2. The second-order valence-electron chi connectivity index (χ2n) is 7.86. The predicted octanol–water partition coefficient (Wildman–Crippen LogP) is 5.36. The molecule has 0 N–H and O–H groups in total. The van der Waals surface area contributed by atoms with Crippen molar-refractivity contribution in [1.82, 2.24) is 24.8 Å². The van der Waals surface area contributed by atoms with Crippen molar-refractivity contribution in [1.29, 1.82) is 0 Å². The van der Waals surface area contributed by atoms with Gasteiger partial charge in [-0.05, 0) is 30.0 Å². The Morgan fingerprint density at radius 2 is 1.79 bits per heavy atom. The van der Waals surface area contributed by atoms with Crippen molar-refractivity contribution >= 4 is 17.2 Å². The summed E-state index contributed by atoms with van der Waals surface area (Å²) in [5, 5.41) is 10.7. The molecule has 3 aromatic heterocycles. The molecule has 0 radical (unpaired) electrons. The minimum absolute atomic E-state index is 0.181. The molecule has 0 saturated carbocycles. The summed E-state index contributed by atoms with van der Waals surface area (Å²) in [6.07, 6.45) is 1.42. The van der Waals surface area contributed by atoms with Crippen molar-refractivity contribution in [3.05, 3.63) is 95.8 Å². The van der Waals surface area contributed by atoms with Gasteiger partial charge in [0.25, 0.3) is 5.91 Å². The molecule has 170 valence electrons. The Bertz CT molecular complexity index is 1360. The molecule has 0 fully saturated rings. The number of thiophene rings is 1. The van der Waals surface area contributed by atoms with E-state index in [1.165, 1.54) is 0 Å². The van der Waals surface area contributed by atoms with E-state index in [9.17, 15) is 4.79 Å². The largest absolute Gasteiger partial charge is 0.361 e. The van der Waals surface area contributed by atoms with E-state index < -0.39 is 0 Å². The second-order valence-corrected chi connectivity index (χ2v) is 8.81. The molecule has 5 rings (SSSR count). The molecule has 2 aromatic carbocycles. The third-order valence-corrected chi connectivity index (χ3v) is 6.30. The molecule has 0 saturated heterocycles. The summed E-state index contributed by atoms with van der Waals surface area (Å²) in [6, 6.07) is 25.5. The number of aryl methyl sites for hydroxylation is 1. The van der Waals surface area contributed by atoms with Gasteiger partial charge in [-0.25, -0.2) is 9.67 Å². The number of para-hydroxylation sites is 1. The van der Waals surface area contributed by atoms with E-state index in [0.29, 0.717) is 18.8 Å². The minimum atomic E-state index is -0.213. The summed E-state index contributed by atoms with van der Waals surface area (Å²) in [6.45, 7) is 0.550. The molecular weight excluding hydrogens is 446 g/mol. The molecule has 0 bridgehead atoms. The van der Waals surface area contributed by atoms with Crippen LogP contribution in [0, 0.1) is 0 Å². The Hall–Kier alpha value is -4.04. The molecule has 5 aromatic rings. The van der Waals surface area contributed by atoms with E-state index in [0.717, 1.165) is 34.0 Å². The zero-order valence-electron chi connectivity index (χ0n) is 18.7. The standard InChI is InChI=1S/C26H23N5O2S/c1-30(16-8-14-21-18-22(29-33-21)19-10-4-2-5-11-19)26(32)24-27-25(23-15-9-17-34-23)31(28-24)20-12-6-3-7-13-20/h2-7,9-13,15,17-18H,8,14,16H2,1H3. The van der Waals surface area contributed by atoms with E-state index in [1.807, 2.05) is 84.2 Å². The fourth-order valence-corrected chi connectivity index (χ4v) is 4.35. The average molecular weight is 470 g/mol. The van der Waals surface area contributed by atoms with E-state index >= 15 is 0 Å². The van der Waals surface area contributed by atoms with Gasteiger partial charge in [0.15, 0.2) is 5.82 Å². The van der Waals surface area contributed by atoms with Crippen molar-refractivity contribution in [3.63, 3.8) is 0 Å². The van der Waals surface area contributed by atoms with Gasteiger partial charge >= 0.3 is 0 Å². The first-order chi connectivity index (χ1) is 16.7. The summed E-state index contributed by atoms with van der Waals surface area (Å²) in [5.74, 6) is 1.43. The van der Waals surface area contributed by atoms with Gasteiger partial charge in [0.2, 0.25) is 5.82 Å². The SMILES string of the molecule is CN(CCCc1cc(-c2ccccc2)no1)C(=O)c1nc(-c2cccs2)n(-c2ccccc2)n1. The second kappa shape index (κ2) is 9.84. The van der Waals surface area contributed by atoms with Crippen molar-refractivity contribution in [3.8, 4) is 27.6 Å². The van der Waals surface area contributed by atoms with Crippen LogP contribution in [0.2, 0.25) is 0 Å². The van der Waals surface area contributed by atoms with Gasteiger partial charge in [0.1, 0.15) is 11.5 Å². The van der Waals surface area contributed by atoms with Crippen molar-refractivity contribution in [2.75, 3.05) is 13.6 Å². The van der Waals surface area contributed by atoms with Gasteiger partial charge in [0.05, 0.1) is 10.6 Å². The molecule has 1 amide bonds. The summed E-state index contributed by atoms with van der Waals surface area (Å²) in [5.41, 5.74) is 2.70. The molecule has 0 aliphatic rings. The third kappa shape index (κ3) is 4.67. The highest BCUT2D eigenvalue weighted by Crippen LogP contribution is 2.26. The van der Waals surface area contributed by atoms with Gasteiger partial charge in [-0.15, -0.1) is 16.4 Å². The average Bonchev–Trinajstić information content (AvgIpc) is 3.65. The number of nitrogens with zero attached hydrogens (tertiary/aromatic N) is 5. The van der Waals surface area contributed by atoms with Crippen LogP contribution in [-0.4, -0.2) is 44.3 Å². The van der Waals surface area contributed by atoms with E-state index in [1.54, 1.807) is 28.0 Å². The zero-order valence-corrected chi connectivity index (χ0v) is 19.5. The Kier molecular flexibility index (Phi) is 6.31. The maximum absolute atomic E-state index is 13.1. The van der Waals surface area contributed by atoms with Crippen LogP contribution in [0.3, 0.4) is 0 Å². The van der Waals surface area contributed by atoms with Crippen LogP contribution in [0.25, 0.3) is 27.6 Å². The predicted molar refractivity (Wildman–Crippen MR) is 132 cm³/mol. The number of hydrogen-bond donors (Lipinski definition) is 0. The molecule has 0 spiro atoms. The molecule has 7 nitrogen and oxygen atoms in total. The monoisotopic (exact) mass is 469 g/mol. The Labute approximate surface area is 201 Å². The fourth-order valence-electron chi connectivity index (χ4n) is 3.66. The molecule has 0 aliphatic heterocycles. The van der Waals surface area contributed by atoms with Crippen LogP contribution in [0.5, 0.6) is 0 Å². The van der Waals surface area contributed by atoms with E-state index in [4.69, 9.17) is 4.52 Å². The lowest BCUT2D eigenvalue weighted by atomic mass is 10.1. The first-order valence-corrected chi connectivity index (χ1v) is 11.9. The lowest BCUT2D eigenvalue weighted by Gasteiger charge is -2.14. The molecular formula is C26H23N5O2S. The Morgan fingerprint density at radius 1 is 1.03 bits per heavy atom. The van der Waals surface area contributed by atoms with E-state index in [2.05, 4.69) is 15.2 Å². The van der Waals surface area contributed by atoms with Crippen LogP contribution in [-0.2, 0) is 6.42 Å². The maximum Gasteiger partial charge on any atom is 0.293 e. The van der Waals surface area contributed by atoms with E-state index in [-0.39, 0.29) is 11.7 Å². The number of rotatable bonds is 8. The highest BCUT2D eigenvalue weighted by molar-refractivity contribution is 7.13. The third-order valence-electron chi connectivity index (χ3n) is 5.43. The lowest BCUT2D eigenvalue weighted by Crippen LogP contribution is -2.29. The topological polar surface area (TPSA) is 77.0 Å². The van der Waals surface area contributed by atoms with Crippen molar-refractivity contribution in [2.24, 2.45) is 0 Å². The van der Waals surface area contributed by atoms with Crippen LogP contribution in [0.4, 0.5) is 0 Å². The van der Waals surface area contributed by atoms with Gasteiger partial charge in [-0.2, -0.15) is 0 Å². The van der Waals surface area contributed by atoms with Crippen LogP contribution >= 0.6 is 11.3 Å². The fraction of sp³-hybridized carbons (Fsp3) is 0.154. The lowest BCUT2D eigenvalue weighted by molar-refractivity contribution is 0.0781. The molecule has 0 unspecified atom stereocenters. The molecule has 0 aliphatic carbocycles. The smallest absolute Gasteiger partial charge is 0.293 e. The number of carbonyl (C=O) groups is 1. The number of aromatic nitrogens is 4. The number of carbonyl (C=O) groups excluding carboxylic acids is 1. The normalized spacial score (nSPS) is 11.0. The van der Waals surface area contributed by atoms with Gasteiger partial charge < -0.3 is 9.42 Å². The number of amides is 1. The van der Waals surface area contributed by atoms with Gasteiger partial charge in [-0.1, -0.05) is 59.8 Å². The minimum Gasteiger partial charge on any atom is -0.361 e. The summed E-state index contributed by atoms with van der Waals surface area (Å²) in [4.78, 5) is 20.3. The molecule has 8 heteroatoms. The highest BCUT2D eigenvalue weighted by atomic mass is 32.1. The summed E-state index contributed by atoms with van der Waals surface area (Å²) >= 11 is 1.57. The first-order valence-electron chi connectivity index (χ1n) is 11.0. The highest BCUT2D eigenvalue weighted by Gasteiger charge is 2.22. The first kappa shape index (κ1) is 21.8.